The van der Waals surface area contributed by atoms with E-state index in [0.717, 1.165) is 37.2 Å². The van der Waals surface area contributed by atoms with Gasteiger partial charge in [-0.05, 0) is 43.0 Å². The number of nitrogen functional groups attached to an aromatic ring is 1. The summed E-state index contributed by atoms with van der Waals surface area (Å²) < 4.78 is 4.98. The van der Waals surface area contributed by atoms with Gasteiger partial charge in [-0.25, -0.2) is 0 Å². The summed E-state index contributed by atoms with van der Waals surface area (Å²) in [6.45, 7) is 1.44. The quantitative estimate of drug-likeness (QED) is 0.654. The fourth-order valence-electron chi connectivity index (χ4n) is 2.38. The van der Waals surface area contributed by atoms with Gasteiger partial charge in [0.15, 0.2) is 0 Å². The van der Waals surface area contributed by atoms with Gasteiger partial charge in [0.25, 0.3) is 0 Å². The standard InChI is InChI=1S/C14H20N2O2/c1-18-9-3-5-14(17)16-8-2-4-11-10-12(15)6-7-13(11)16/h6-7,10H,2-5,8-9,15H2,1H3. The van der Waals surface area contributed by atoms with Crippen molar-refractivity contribution in [2.75, 3.05) is 30.9 Å². The summed E-state index contributed by atoms with van der Waals surface area (Å²) in [6.07, 6.45) is 3.32. The number of methoxy groups -OCH3 is 1. The highest BCUT2D eigenvalue weighted by Crippen LogP contribution is 2.29. The number of aryl methyl sites for hydroxylation is 1. The molecule has 0 radical (unpaired) electrons. The molecule has 98 valence electrons. The lowest BCUT2D eigenvalue weighted by molar-refractivity contribution is -0.119. The molecule has 0 unspecified atom stereocenters. The molecule has 1 amide bonds. The average Bonchev–Trinajstić information content (AvgIpc) is 2.37. The number of carbonyl (C=O) groups is 1. The number of hydrogen-bond donors (Lipinski definition) is 1. The van der Waals surface area contributed by atoms with Crippen molar-refractivity contribution in [2.24, 2.45) is 0 Å². The Labute approximate surface area is 108 Å². The summed E-state index contributed by atoms with van der Waals surface area (Å²) in [4.78, 5) is 14.0. The topological polar surface area (TPSA) is 55.6 Å². The Bertz CT molecular complexity index is 432. The van der Waals surface area contributed by atoms with Gasteiger partial charge < -0.3 is 15.4 Å². The molecule has 1 aromatic rings. The Kier molecular flexibility index (Phi) is 4.20. The fourth-order valence-corrected chi connectivity index (χ4v) is 2.38. The van der Waals surface area contributed by atoms with Crippen molar-refractivity contribution in [3.05, 3.63) is 23.8 Å². The lowest BCUT2D eigenvalue weighted by Gasteiger charge is -2.29. The van der Waals surface area contributed by atoms with Crippen molar-refractivity contribution in [1.82, 2.24) is 0 Å². The van der Waals surface area contributed by atoms with E-state index in [-0.39, 0.29) is 5.91 Å². The van der Waals surface area contributed by atoms with E-state index in [1.807, 2.05) is 23.1 Å². The van der Waals surface area contributed by atoms with E-state index < -0.39 is 0 Å². The van der Waals surface area contributed by atoms with E-state index in [1.165, 1.54) is 5.56 Å². The normalized spacial score (nSPS) is 14.4. The van der Waals surface area contributed by atoms with E-state index in [9.17, 15) is 4.79 Å². The van der Waals surface area contributed by atoms with Gasteiger partial charge in [0.2, 0.25) is 5.91 Å². The minimum Gasteiger partial charge on any atom is -0.399 e. The second-order valence-corrected chi connectivity index (χ2v) is 4.63. The third kappa shape index (κ3) is 2.82. The molecule has 1 aromatic carbocycles. The number of benzene rings is 1. The van der Waals surface area contributed by atoms with Crippen molar-refractivity contribution >= 4 is 17.3 Å². The monoisotopic (exact) mass is 248 g/mol. The third-order valence-electron chi connectivity index (χ3n) is 3.26. The first-order valence-corrected chi connectivity index (χ1v) is 6.40. The summed E-state index contributed by atoms with van der Waals surface area (Å²) in [5.41, 5.74) is 8.76. The van der Waals surface area contributed by atoms with Crippen molar-refractivity contribution in [3.63, 3.8) is 0 Å². The number of anilines is 2. The highest BCUT2D eigenvalue weighted by atomic mass is 16.5. The second-order valence-electron chi connectivity index (χ2n) is 4.63. The van der Waals surface area contributed by atoms with E-state index >= 15 is 0 Å². The number of carbonyl (C=O) groups excluding carboxylic acids is 1. The summed E-state index contributed by atoms with van der Waals surface area (Å²) in [5, 5.41) is 0. The van der Waals surface area contributed by atoms with Gasteiger partial charge in [-0.1, -0.05) is 0 Å². The van der Waals surface area contributed by atoms with Gasteiger partial charge in [-0.15, -0.1) is 0 Å². The smallest absolute Gasteiger partial charge is 0.227 e. The first-order valence-electron chi connectivity index (χ1n) is 6.40. The van der Waals surface area contributed by atoms with Gasteiger partial charge in [-0.3, -0.25) is 4.79 Å². The van der Waals surface area contributed by atoms with E-state index in [0.29, 0.717) is 13.0 Å². The first kappa shape index (κ1) is 12.9. The maximum Gasteiger partial charge on any atom is 0.227 e. The number of ether oxygens (including phenoxy) is 1. The Balaban J connectivity index is 2.09. The average molecular weight is 248 g/mol. The fraction of sp³-hybridized carbons (Fsp3) is 0.500. The summed E-state index contributed by atoms with van der Waals surface area (Å²) in [5.74, 6) is 0.178. The molecular weight excluding hydrogens is 228 g/mol. The predicted molar refractivity (Wildman–Crippen MR) is 72.6 cm³/mol. The largest absolute Gasteiger partial charge is 0.399 e. The maximum absolute atomic E-state index is 12.2. The minimum absolute atomic E-state index is 0.178. The lowest BCUT2D eigenvalue weighted by Crippen LogP contribution is -2.35. The van der Waals surface area contributed by atoms with E-state index in [4.69, 9.17) is 10.5 Å². The van der Waals surface area contributed by atoms with Crippen molar-refractivity contribution in [3.8, 4) is 0 Å². The van der Waals surface area contributed by atoms with Crippen LogP contribution in [0, 0.1) is 0 Å². The Hall–Kier alpha value is -1.55. The van der Waals surface area contributed by atoms with Crippen LogP contribution in [0.1, 0.15) is 24.8 Å². The molecule has 4 nitrogen and oxygen atoms in total. The number of nitrogens with two attached hydrogens (primary N) is 1. The summed E-state index contributed by atoms with van der Waals surface area (Å²) in [6, 6.07) is 5.79. The zero-order valence-electron chi connectivity index (χ0n) is 10.8. The molecule has 0 saturated heterocycles. The molecule has 0 bridgehead atoms. The highest BCUT2D eigenvalue weighted by molar-refractivity contribution is 5.94. The molecule has 1 aliphatic heterocycles. The zero-order chi connectivity index (χ0) is 13.0. The third-order valence-corrected chi connectivity index (χ3v) is 3.26. The number of nitrogens with zero attached hydrogens (tertiary/aromatic N) is 1. The Morgan fingerprint density at radius 1 is 1.50 bits per heavy atom. The van der Waals surface area contributed by atoms with Gasteiger partial charge in [0, 0.05) is 38.1 Å². The molecule has 1 heterocycles. The second kappa shape index (κ2) is 5.87. The molecule has 0 aromatic heterocycles. The molecule has 0 fully saturated rings. The van der Waals surface area contributed by atoms with Crippen molar-refractivity contribution in [1.29, 1.82) is 0 Å². The molecule has 18 heavy (non-hydrogen) atoms. The highest BCUT2D eigenvalue weighted by Gasteiger charge is 2.21. The molecule has 4 heteroatoms. The number of rotatable bonds is 4. The molecule has 2 N–H and O–H groups in total. The van der Waals surface area contributed by atoms with Crippen LogP contribution >= 0.6 is 0 Å². The number of amides is 1. The van der Waals surface area contributed by atoms with Gasteiger partial charge in [0.05, 0.1) is 0 Å². The van der Waals surface area contributed by atoms with Crippen LogP contribution in [-0.2, 0) is 16.0 Å². The van der Waals surface area contributed by atoms with Crippen LogP contribution in [-0.4, -0.2) is 26.2 Å². The Morgan fingerprint density at radius 2 is 2.33 bits per heavy atom. The predicted octanol–water partition coefficient (Wildman–Crippen LogP) is 1.97. The van der Waals surface area contributed by atoms with Crippen LogP contribution in [0.4, 0.5) is 11.4 Å². The van der Waals surface area contributed by atoms with Crippen molar-refractivity contribution in [2.45, 2.75) is 25.7 Å². The SMILES string of the molecule is COCCCC(=O)N1CCCc2cc(N)ccc21. The lowest BCUT2D eigenvalue weighted by atomic mass is 10.0. The van der Waals surface area contributed by atoms with Gasteiger partial charge in [0.1, 0.15) is 0 Å². The summed E-state index contributed by atoms with van der Waals surface area (Å²) in [7, 11) is 1.66. The van der Waals surface area contributed by atoms with Gasteiger partial charge >= 0.3 is 0 Å². The van der Waals surface area contributed by atoms with E-state index in [1.54, 1.807) is 7.11 Å². The van der Waals surface area contributed by atoms with E-state index in [2.05, 4.69) is 0 Å². The van der Waals surface area contributed by atoms with Crippen LogP contribution in [0.25, 0.3) is 0 Å². The van der Waals surface area contributed by atoms with Crippen LogP contribution < -0.4 is 10.6 Å². The molecule has 0 aliphatic carbocycles. The zero-order valence-corrected chi connectivity index (χ0v) is 10.8. The van der Waals surface area contributed by atoms with Crippen LogP contribution in [0.5, 0.6) is 0 Å². The molecular formula is C14H20N2O2. The van der Waals surface area contributed by atoms with Crippen LogP contribution in [0.2, 0.25) is 0 Å². The molecule has 0 spiro atoms. The van der Waals surface area contributed by atoms with Gasteiger partial charge in [-0.2, -0.15) is 0 Å². The first-order chi connectivity index (χ1) is 8.72. The summed E-state index contributed by atoms with van der Waals surface area (Å²) >= 11 is 0. The van der Waals surface area contributed by atoms with Crippen LogP contribution in [0.15, 0.2) is 18.2 Å². The van der Waals surface area contributed by atoms with Crippen LogP contribution in [0.3, 0.4) is 0 Å². The molecule has 2 rings (SSSR count). The van der Waals surface area contributed by atoms with Crippen molar-refractivity contribution < 1.29 is 9.53 Å². The molecule has 1 aliphatic rings. The molecule has 0 saturated carbocycles. The maximum atomic E-state index is 12.2. The minimum atomic E-state index is 0.178. The molecule has 0 atom stereocenters. The number of fused-ring (bicyclic) bond motifs is 1. The number of hydrogen-bond acceptors (Lipinski definition) is 3. The Morgan fingerprint density at radius 3 is 3.11 bits per heavy atom.